The van der Waals surface area contributed by atoms with Crippen LogP contribution in [0.15, 0.2) is 0 Å². The maximum atomic E-state index is 12.0. The number of carbonyl (C=O) groups is 1. The Morgan fingerprint density at radius 3 is 1.74 bits per heavy atom. The summed E-state index contributed by atoms with van der Waals surface area (Å²) < 4.78 is 0. The van der Waals surface area contributed by atoms with E-state index < -0.39 is 18.2 Å². The molecule has 0 aliphatic heterocycles. The van der Waals surface area contributed by atoms with Crippen LogP contribution in [0.25, 0.3) is 0 Å². The molecule has 0 aliphatic rings. The minimum absolute atomic E-state index is 0.178. The molecule has 0 aromatic heterocycles. The van der Waals surface area contributed by atoms with Crippen molar-refractivity contribution in [2.75, 3.05) is 6.61 Å². The van der Waals surface area contributed by atoms with Crippen LogP contribution in [0.2, 0.25) is 0 Å². The van der Waals surface area contributed by atoms with Gasteiger partial charge in [0.15, 0.2) is 0 Å². The number of nitrogens with one attached hydrogen (secondary N) is 1. The second kappa shape index (κ2) is 22.1. The second-order valence-electron chi connectivity index (χ2n) is 8.74. The third-order valence-electron chi connectivity index (χ3n) is 5.66. The van der Waals surface area contributed by atoms with Crippen molar-refractivity contribution in [3.63, 3.8) is 0 Å². The molecule has 0 rings (SSSR count). The van der Waals surface area contributed by atoms with Crippen LogP contribution in [0.1, 0.15) is 123 Å². The van der Waals surface area contributed by atoms with E-state index in [1.165, 1.54) is 57.8 Å². The normalized spacial score (nSPS) is 13.8. The van der Waals surface area contributed by atoms with Crippen LogP contribution in [0.4, 0.5) is 0 Å². The topological polar surface area (TPSA) is 89.8 Å². The molecule has 182 valence electrons. The fourth-order valence-electron chi connectivity index (χ4n) is 3.57. The molecule has 0 radical (unpaired) electrons. The number of aliphatic hydroxyl groups excluding tert-OH is 3. The number of carbonyl (C=O) groups excluding carboxylic acids is 1. The van der Waals surface area contributed by atoms with E-state index in [1.54, 1.807) is 0 Å². The van der Waals surface area contributed by atoms with Crippen molar-refractivity contribution < 1.29 is 20.1 Å². The third-order valence-corrected chi connectivity index (χ3v) is 5.66. The van der Waals surface area contributed by atoms with Gasteiger partial charge in [-0.05, 0) is 19.3 Å². The molecule has 0 unspecified atom stereocenters. The van der Waals surface area contributed by atoms with Gasteiger partial charge in [-0.25, -0.2) is 0 Å². The molecular weight excluding hydrogens is 390 g/mol. The van der Waals surface area contributed by atoms with E-state index >= 15 is 0 Å². The lowest BCUT2D eigenvalue weighted by atomic mass is 10.0. The Kier molecular flexibility index (Phi) is 21.3. The molecule has 3 atom stereocenters. The zero-order chi connectivity index (χ0) is 23.2. The van der Waals surface area contributed by atoms with Gasteiger partial charge in [0.05, 0.1) is 12.6 Å². The summed E-state index contributed by atoms with van der Waals surface area (Å²) in [4.78, 5) is 12.0. The van der Waals surface area contributed by atoms with E-state index in [9.17, 15) is 20.1 Å². The molecule has 0 heterocycles. The van der Waals surface area contributed by atoms with E-state index in [-0.39, 0.29) is 12.5 Å². The Labute approximate surface area is 191 Å². The van der Waals surface area contributed by atoms with Crippen LogP contribution in [0, 0.1) is 11.8 Å². The number of rotatable bonds is 20. The first-order chi connectivity index (χ1) is 15.0. The lowest BCUT2D eigenvalue weighted by molar-refractivity contribution is -0.122. The van der Waals surface area contributed by atoms with Crippen molar-refractivity contribution >= 4 is 5.91 Å². The van der Waals surface area contributed by atoms with Crippen molar-refractivity contribution in [2.24, 2.45) is 0 Å². The van der Waals surface area contributed by atoms with E-state index in [1.807, 2.05) is 0 Å². The molecule has 4 N–H and O–H groups in total. The first-order valence-electron chi connectivity index (χ1n) is 12.8. The lowest BCUT2D eigenvalue weighted by Crippen LogP contribution is -2.45. The molecule has 0 bridgehead atoms. The molecule has 0 aromatic carbocycles. The average molecular weight is 440 g/mol. The van der Waals surface area contributed by atoms with E-state index in [0.29, 0.717) is 12.8 Å². The zero-order valence-electron chi connectivity index (χ0n) is 20.2. The zero-order valence-corrected chi connectivity index (χ0v) is 20.2. The average Bonchev–Trinajstić information content (AvgIpc) is 2.76. The summed E-state index contributed by atoms with van der Waals surface area (Å²) >= 11 is 0. The molecule has 31 heavy (non-hydrogen) atoms. The van der Waals surface area contributed by atoms with Gasteiger partial charge in [0.2, 0.25) is 5.91 Å². The van der Waals surface area contributed by atoms with Crippen molar-refractivity contribution in [1.29, 1.82) is 0 Å². The molecular formula is C26H49NO4. The summed E-state index contributed by atoms with van der Waals surface area (Å²) in [6.45, 7) is 4.00. The highest BCUT2D eigenvalue weighted by Gasteiger charge is 2.18. The molecule has 0 saturated carbocycles. The van der Waals surface area contributed by atoms with Gasteiger partial charge in [0, 0.05) is 6.42 Å². The molecule has 0 aromatic rings. The highest BCUT2D eigenvalue weighted by Crippen LogP contribution is 2.12. The van der Waals surface area contributed by atoms with Gasteiger partial charge < -0.3 is 20.6 Å². The van der Waals surface area contributed by atoms with Gasteiger partial charge in [0.1, 0.15) is 12.2 Å². The summed E-state index contributed by atoms with van der Waals surface area (Å²) in [5.74, 6) is 5.07. The minimum atomic E-state index is -1.18. The maximum Gasteiger partial charge on any atom is 0.220 e. The Bertz CT molecular complexity index is 472. The molecule has 5 nitrogen and oxygen atoms in total. The van der Waals surface area contributed by atoms with Crippen LogP contribution >= 0.6 is 0 Å². The van der Waals surface area contributed by atoms with Crippen molar-refractivity contribution in [1.82, 2.24) is 5.32 Å². The highest BCUT2D eigenvalue weighted by atomic mass is 16.3. The van der Waals surface area contributed by atoms with Gasteiger partial charge in [-0.2, -0.15) is 0 Å². The summed E-state index contributed by atoms with van der Waals surface area (Å²) in [5, 5.41) is 32.2. The Balaban J connectivity index is 3.92. The van der Waals surface area contributed by atoms with Gasteiger partial charge in [-0.15, -0.1) is 0 Å². The van der Waals surface area contributed by atoms with E-state index in [0.717, 1.165) is 38.5 Å². The van der Waals surface area contributed by atoms with Crippen LogP contribution in [-0.2, 0) is 4.79 Å². The summed E-state index contributed by atoms with van der Waals surface area (Å²) in [6, 6.07) is -0.819. The maximum absolute atomic E-state index is 12.0. The summed E-state index contributed by atoms with van der Waals surface area (Å²) in [7, 11) is 0. The first kappa shape index (κ1) is 29.9. The number of hydrogen-bond donors (Lipinski definition) is 4. The van der Waals surface area contributed by atoms with Crippen molar-refractivity contribution in [3.8, 4) is 11.8 Å². The molecule has 1 amide bonds. The predicted molar refractivity (Wildman–Crippen MR) is 129 cm³/mol. The number of amides is 1. The van der Waals surface area contributed by atoms with Gasteiger partial charge in [-0.1, -0.05) is 109 Å². The van der Waals surface area contributed by atoms with Crippen LogP contribution in [0.5, 0.6) is 0 Å². The van der Waals surface area contributed by atoms with Gasteiger partial charge >= 0.3 is 0 Å². The highest BCUT2D eigenvalue weighted by molar-refractivity contribution is 5.76. The number of aliphatic hydroxyl groups is 3. The predicted octanol–water partition coefficient (Wildman–Crippen LogP) is 4.86. The Morgan fingerprint density at radius 2 is 1.23 bits per heavy atom. The Morgan fingerprint density at radius 1 is 0.742 bits per heavy atom. The molecule has 0 aliphatic carbocycles. The largest absolute Gasteiger partial charge is 0.394 e. The first-order valence-corrected chi connectivity index (χ1v) is 12.8. The van der Waals surface area contributed by atoms with Gasteiger partial charge in [0.25, 0.3) is 0 Å². The summed E-state index contributed by atoms with van der Waals surface area (Å²) in [5.41, 5.74) is 0. The van der Waals surface area contributed by atoms with Crippen LogP contribution < -0.4 is 5.32 Å². The molecule has 0 fully saturated rings. The Hall–Kier alpha value is -1.09. The van der Waals surface area contributed by atoms with E-state index in [4.69, 9.17) is 0 Å². The minimum Gasteiger partial charge on any atom is -0.394 e. The van der Waals surface area contributed by atoms with Crippen molar-refractivity contribution in [2.45, 2.75) is 141 Å². The van der Waals surface area contributed by atoms with Crippen LogP contribution in [0.3, 0.4) is 0 Å². The molecule has 0 spiro atoms. The van der Waals surface area contributed by atoms with E-state index in [2.05, 4.69) is 31.0 Å². The number of hydrogen-bond acceptors (Lipinski definition) is 4. The second-order valence-corrected chi connectivity index (χ2v) is 8.74. The smallest absolute Gasteiger partial charge is 0.220 e. The quantitative estimate of drug-likeness (QED) is 0.161. The van der Waals surface area contributed by atoms with Crippen LogP contribution in [-0.4, -0.2) is 46.1 Å². The number of unbranched alkanes of at least 4 members (excludes halogenated alkanes) is 13. The summed E-state index contributed by atoms with van der Waals surface area (Å²) in [6.07, 6.45) is 16.7. The van der Waals surface area contributed by atoms with Gasteiger partial charge in [-0.3, -0.25) is 4.79 Å². The third kappa shape index (κ3) is 19.3. The molecule has 0 saturated heterocycles. The SMILES string of the molecule is CCCCCCCCCCCC[C@H](O)C#C[C@@H](O)[C@H](CO)NC(=O)CCCCCCC. The molecule has 5 heteroatoms. The van der Waals surface area contributed by atoms with Crippen molar-refractivity contribution in [3.05, 3.63) is 0 Å². The standard InChI is InChI=1S/C26H49NO4/c1-3-5-7-9-10-11-12-13-15-16-18-23(29)20-21-25(30)24(22-28)27-26(31)19-17-14-8-6-4-2/h23-25,28-30H,3-19,22H2,1-2H3,(H,27,31)/t23-,24-,25+/m0/s1. The lowest BCUT2D eigenvalue weighted by Gasteiger charge is -2.18. The fourth-order valence-corrected chi connectivity index (χ4v) is 3.57. The fraction of sp³-hybridized carbons (Fsp3) is 0.885. The monoisotopic (exact) mass is 439 g/mol.